The average Bonchev–Trinajstić information content (AvgIpc) is 3.09. The lowest BCUT2D eigenvalue weighted by Crippen LogP contribution is -2.44. The number of carbonyl (C=O) groups excluding carboxylic acids is 1. The molecule has 0 bridgehead atoms. The van der Waals surface area contributed by atoms with E-state index >= 15 is 0 Å². The molecule has 1 aromatic rings. The molecular formula is C12H13FN2O3. The van der Waals surface area contributed by atoms with Gasteiger partial charge in [0.1, 0.15) is 11.9 Å². The Hall–Kier alpha value is -2.11. The van der Waals surface area contributed by atoms with Crippen molar-refractivity contribution in [2.75, 3.05) is 5.32 Å². The molecule has 0 aromatic heterocycles. The fourth-order valence-electron chi connectivity index (χ4n) is 1.69. The average molecular weight is 252 g/mol. The lowest BCUT2D eigenvalue weighted by atomic mass is 10.2. The predicted molar refractivity (Wildman–Crippen MR) is 62.7 cm³/mol. The van der Waals surface area contributed by atoms with E-state index in [9.17, 15) is 14.0 Å². The summed E-state index contributed by atoms with van der Waals surface area (Å²) in [6, 6.07) is 3.88. The Balaban J connectivity index is 1.93. The smallest absolute Gasteiger partial charge is 0.326 e. The summed E-state index contributed by atoms with van der Waals surface area (Å²) < 4.78 is 12.9. The number of nitrogens with one attached hydrogen (secondary N) is 2. The van der Waals surface area contributed by atoms with Crippen LogP contribution < -0.4 is 10.6 Å². The molecule has 6 heteroatoms. The molecule has 1 aliphatic carbocycles. The van der Waals surface area contributed by atoms with Gasteiger partial charge in [-0.15, -0.1) is 0 Å². The van der Waals surface area contributed by atoms with E-state index in [4.69, 9.17) is 5.11 Å². The van der Waals surface area contributed by atoms with Crippen molar-refractivity contribution < 1.29 is 19.1 Å². The first kappa shape index (κ1) is 12.3. The van der Waals surface area contributed by atoms with Crippen molar-refractivity contribution in [3.05, 3.63) is 30.1 Å². The zero-order valence-electron chi connectivity index (χ0n) is 9.52. The van der Waals surface area contributed by atoms with Gasteiger partial charge in [0, 0.05) is 5.69 Å². The molecule has 0 spiro atoms. The monoisotopic (exact) mass is 252 g/mol. The number of halogens is 1. The van der Waals surface area contributed by atoms with Crippen molar-refractivity contribution in [3.8, 4) is 0 Å². The molecular weight excluding hydrogens is 239 g/mol. The normalized spacial score (nSPS) is 15.8. The fraction of sp³-hybridized carbons (Fsp3) is 0.333. The summed E-state index contributed by atoms with van der Waals surface area (Å²) in [5, 5.41) is 13.7. The fourth-order valence-corrected chi connectivity index (χ4v) is 1.69. The summed E-state index contributed by atoms with van der Waals surface area (Å²) in [5.74, 6) is -1.52. The number of carboxylic acids is 1. The number of carboxylic acid groups (broad SMARTS) is 1. The zero-order chi connectivity index (χ0) is 13.1. The lowest BCUT2D eigenvalue weighted by Gasteiger charge is -2.14. The van der Waals surface area contributed by atoms with Crippen molar-refractivity contribution >= 4 is 17.7 Å². The number of hydrogen-bond acceptors (Lipinski definition) is 2. The summed E-state index contributed by atoms with van der Waals surface area (Å²) in [5.41, 5.74) is 0.285. The first-order valence-corrected chi connectivity index (χ1v) is 5.62. The molecule has 1 aromatic carbocycles. The molecule has 3 N–H and O–H groups in total. The number of carbonyl (C=O) groups is 2. The van der Waals surface area contributed by atoms with Crippen molar-refractivity contribution in [3.63, 3.8) is 0 Å². The first-order valence-electron chi connectivity index (χ1n) is 5.62. The third kappa shape index (κ3) is 3.19. The van der Waals surface area contributed by atoms with Crippen molar-refractivity contribution in [1.29, 1.82) is 0 Å². The summed E-state index contributed by atoms with van der Waals surface area (Å²) in [7, 11) is 0. The SMILES string of the molecule is O=C(Nc1cccc(F)c1)NC(C(=O)O)C1CC1. The molecule has 1 aliphatic rings. The summed E-state index contributed by atoms with van der Waals surface area (Å²) >= 11 is 0. The van der Waals surface area contributed by atoms with Gasteiger partial charge in [0.25, 0.3) is 0 Å². The standard InChI is InChI=1S/C12H13FN2O3/c13-8-2-1-3-9(6-8)14-12(18)15-10(11(16)17)7-4-5-7/h1-3,6-7,10H,4-5H2,(H,16,17)(H2,14,15,18). The van der Waals surface area contributed by atoms with Gasteiger partial charge in [-0.2, -0.15) is 0 Å². The molecule has 0 aliphatic heterocycles. The number of rotatable bonds is 4. The number of anilines is 1. The highest BCUT2D eigenvalue weighted by Gasteiger charge is 2.37. The van der Waals surface area contributed by atoms with Crippen LogP contribution >= 0.6 is 0 Å². The van der Waals surface area contributed by atoms with E-state index in [0.717, 1.165) is 18.9 Å². The third-order valence-electron chi connectivity index (χ3n) is 2.73. The van der Waals surface area contributed by atoms with Gasteiger partial charge in [-0.1, -0.05) is 6.07 Å². The number of urea groups is 1. The second-order valence-corrected chi connectivity index (χ2v) is 4.26. The van der Waals surface area contributed by atoms with E-state index in [0.29, 0.717) is 0 Å². The Kier molecular flexibility index (Phi) is 3.45. The van der Waals surface area contributed by atoms with Crippen LogP contribution in [-0.4, -0.2) is 23.1 Å². The number of amides is 2. The molecule has 5 nitrogen and oxygen atoms in total. The molecule has 0 heterocycles. The van der Waals surface area contributed by atoms with E-state index in [-0.39, 0.29) is 11.6 Å². The second kappa shape index (κ2) is 5.03. The Morgan fingerprint density at radius 2 is 2.11 bits per heavy atom. The maximum absolute atomic E-state index is 12.9. The molecule has 0 radical (unpaired) electrons. The van der Waals surface area contributed by atoms with Crippen LogP contribution in [0.1, 0.15) is 12.8 Å². The highest BCUT2D eigenvalue weighted by atomic mass is 19.1. The van der Waals surface area contributed by atoms with Gasteiger partial charge in [-0.3, -0.25) is 0 Å². The predicted octanol–water partition coefficient (Wildman–Crippen LogP) is 1.81. The van der Waals surface area contributed by atoms with Crippen molar-refractivity contribution in [2.45, 2.75) is 18.9 Å². The van der Waals surface area contributed by atoms with Gasteiger partial charge < -0.3 is 15.7 Å². The van der Waals surface area contributed by atoms with Crippen LogP contribution in [0.4, 0.5) is 14.9 Å². The van der Waals surface area contributed by atoms with E-state index in [1.165, 1.54) is 18.2 Å². The minimum Gasteiger partial charge on any atom is -0.480 e. The van der Waals surface area contributed by atoms with Crippen LogP contribution in [0.25, 0.3) is 0 Å². The molecule has 1 unspecified atom stereocenters. The van der Waals surface area contributed by atoms with Gasteiger partial charge in [0.15, 0.2) is 0 Å². The van der Waals surface area contributed by atoms with Gasteiger partial charge in [0.05, 0.1) is 0 Å². The summed E-state index contributed by atoms with van der Waals surface area (Å²) in [6.45, 7) is 0. The number of benzene rings is 1. The highest BCUT2D eigenvalue weighted by molar-refractivity contribution is 5.92. The molecule has 0 saturated heterocycles. The Morgan fingerprint density at radius 3 is 2.67 bits per heavy atom. The van der Waals surface area contributed by atoms with Gasteiger partial charge in [-0.25, -0.2) is 14.0 Å². The number of hydrogen-bond donors (Lipinski definition) is 3. The van der Waals surface area contributed by atoms with E-state index < -0.39 is 23.9 Å². The first-order chi connectivity index (χ1) is 8.56. The van der Waals surface area contributed by atoms with Gasteiger partial charge in [0.2, 0.25) is 0 Å². The van der Waals surface area contributed by atoms with Crippen LogP contribution in [0.5, 0.6) is 0 Å². The van der Waals surface area contributed by atoms with E-state index in [2.05, 4.69) is 10.6 Å². The van der Waals surface area contributed by atoms with Crippen LogP contribution in [0.3, 0.4) is 0 Å². The minimum absolute atomic E-state index is 0.000703. The maximum Gasteiger partial charge on any atom is 0.326 e. The lowest BCUT2D eigenvalue weighted by molar-refractivity contribution is -0.139. The van der Waals surface area contributed by atoms with Crippen LogP contribution in [0.2, 0.25) is 0 Å². The van der Waals surface area contributed by atoms with Crippen molar-refractivity contribution in [1.82, 2.24) is 5.32 Å². The number of aliphatic carboxylic acids is 1. The second-order valence-electron chi connectivity index (χ2n) is 4.26. The Bertz CT molecular complexity index is 474. The summed E-state index contributed by atoms with van der Waals surface area (Å²) in [4.78, 5) is 22.5. The zero-order valence-corrected chi connectivity index (χ0v) is 9.52. The topological polar surface area (TPSA) is 78.4 Å². The quantitative estimate of drug-likeness (QED) is 0.764. The maximum atomic E-state index is 12.9. The molecule has 1 fully saturated rings. The summed E-state index contributed by atoms with van der Waals surface area (Å²) in [6.07, 6.45) is 1.61. The molecule has 1 saturated carbocycles. The molecule has 1 atom stereocenters. The highest BCUT2D eigenvalue weighted by Crippen LogP contribution is 2.32. The van der Waals surface area contributed by atoms with Crippen molar-refractivity contribution in [2.24, 2.45) is 5.92 Å². The Labute approximate surface area is 103 Å². The third-order valence-corrected chi connectivity index (χ3v) is 2.73. The van der Waals surface area contributed by atoms with E-state index in [1.807, 2.05) is 0 Å². The Morgan fingerprint density at radius 1 is 1.39 bits per heavy atom. The molecule has 18 heavy (non-hydrogen) atoms. The molecule has 2 amide bonds. The largest absolute Gasteiger partial charge is 0.480 e. The van der Waals surface area contributed by atoms with Crippen LogP contribution in [-0.2, 0) is 4.79 Å². The van der Waals surface area contributed by atoms with E-state index in [1.54, 1.807) is 0 Å². The minimum atomic E-state index is -1.05. The van der Waals surface area contributed by atoms with Crippen LogP contribution in [0.15, 0.2) is 24.3 Å². The molecule has 96 valence electrons. The van der Waals surface area contributed by atoms with Gasteiger partial charge >= 0.3 is 12.0 Å². The molecule has 2 rings (SSSR count). The van der Waals surface area contributed by atoms with Gasteiger partial charge in [-0.05, 0) is 37.0 Å². The van der Waals surface area contributed by atoms with Crippen LogP contribution in [0, 0.1) is 11.7 Å².